The van der Waals surface area contributed by atoms with Crippen molar-refractivity contribution in [2.24, 2.45) is 0 Å². The first-order valence-corrected chi connectivity index (χ1v) is 17.4. The first-order chi connectivity index (χ1) is 25.3. The highest BCUT2D eigenvalue weighted by Gasteiger charge is 2.21. The number of aromatic nitrogens is 2. The summed E-state index contributed by atoms with van der Waals surface area (Å²) in [5, 5.41) is 7.27. The third kappa shape index (κ3) is 4.12. The van der Waals surface area contributed by atoms with Crippen LogP contribution in [0.4, 0.5) is 0 Å². The Bertz CT molecular complexity index is 3110. The zero-order valence-electron chi connectivity index (χ0n) is 27.6. The predicted molar refractivity (Wildman–Crippen MR) is 213 cm³/mol. The Balaban J connectivity index is 1.16. The van der Waals surface area contributed by atoms with Gasteiger partial charge in [0, 0.05) is 49.3 Å². The predicted octanol–water partition coefficient (Wildman–Crippen LogP) is 13.1. The molecule has 0 bridgehead atoms. The van der Waals surface area contributed by atoms with Gasteiger partial charge < -0.3 is 13.6 Å². The molecule has 3 aromatic heterocycles. The first-order valence-electron chi connectivity index (χ1n) is 17.4. The van der Waals surface area contributed by atoms with Gasteiger partial charge in [0.05, 0.1) is 22.1 Å². The Morgan fingerprint density at radius 3 is 1.84 bits per heavy atom. The van der Waals surface area contributed by atoms with Crippen LogP contribution in [0.15, 0.2) is 186 Å². The molecule has 0 aliphatic rings. The number of benzene rings is 8. The Kier molecular flexibility index (Phi) is 5.96. The van der Waals surface area contributed by atoms with Gasteiger partial charge in [0.2, 0.25) is 0 Å². The van der Waals surface area contributed by atoms with Crippen LogP contribution in [0.2, 0.25) is 0 Å². The molecule has 3 heterocycles. The van der Waals surface area contributed by atoms with Crippen LogP contribution in [-0.4, -0.2) is 9.13 Å². The molecule has 0 aliphatic carbocycles. The van der Waals surface area contributed by atoms with Crippen molar-refractivity contribution >= 4 is 65.6 Å². The third-order valence-electron chi connectivity index (χ3n) is 10.5. The zero-order valence-corrected chi connectivity index (χ0v) is 27.6. The molecule has 238 valence electrons. The first kappa shape index (κ1) is 28.0. The van der Waals surface area contributed by atoms with Crippen LogP contribution in [0.25, 0.3) is 99.2 Å². The lowest BCUT2D eigenvalue weighted by atomic mass is 10.0. The van der Waals surface area contributed by atoms with Gasteiger partial charge in [-0.2, -0.15) is 0 Å². The summed E-state index contributed by atoms with van der Waals surface area (Å²) in [7, 11) is 0. The molecule has 3 nitrogen and oxygen atoms in total. The second kappa shape index (κ2) is 10.8. The molecule has 3 heteroatoms. The minimum Gasteiger partial charge on any atom is -0.455 e. The maximum absolute atomic E-state index is 6.39. The summed E-state index contributed by atoms with van der Waals surface area (Å²) in [4.78, 5) is 0. The van der Waals surface area contributed by atoms with E-state index in [1.807, 2.05) is 12.1 Å². The van der Waals surface area contributed by atoms with E-state index in [2.05, 4.69) is 179 Å². The normalized spacial score (nSPS) is 11.9. The van der Waals surface area contributed by atoms with Crippen molar-refractivity contribution in [2.45, 2.75) is 0 Å². The van der Waals surface area contributed by atoms with Gasteiger partial charge in [0.15, 0.2) is 0 Å². The molecule has 0 atom stereocenters. The summed E-state index contributed by atoms with van der Waals surface area (Å²) in [5.41, 5.74) is 13.6. The van der Waals surface area contributed by atoms with Gasteiger partial charge >= 0.3 is 0 Å². The Hall–Kier alpha value is -6.84. The molecule has 11 aromatic rings. The Morgan fingerprint density at radius 2 is 1.00 bits per heavy atom. The van der Waals surface area contributed by atoms with Crippen molar-refractivity contribution in [3.8, 4) is 33.6 Å². The number of fused-ring (bicyclic) bond motifs is 10. The topological polar surface area (TPSA) is 23.0 Å². The SMILES string of the molecule is c1ccc(-c2ccc3c(c2)c2ccc4c(c5ccccc5n4-c4ccc(-c5cccc6c5oc5ccccc56)cc4)c2n3-c2ccccc2)cc1. The van der Waals surface area contributed by atoms with Gasteiger partial charge in [-0.1, -0.05) is 127 Å². The number of para-hydroxylation sites is 4. The molecule has 0 fully saturated rings. The second-order valence-corrected chi connectivity index (χ2v) is 13.3. The molecular formula is C48H30N2O. The van der Waals surface area contributed by atoms with Crippen molar-refractivity contribution in [3.05, 3.63) is 182 Å². The molecule has 51 heavy (non-hydrogen) atoms. The minimum atomic E-state index is 0.914. The van der Waals surface area contributed by atoms with E-state index in [0.29, 0.717) is 0 Å². The summed E-state index contributed by atoms with van der Waals surface area (Å²) >= 11 is 0. The lowest BCUT2D eigenvalue weighted by Crippen LogP contribution is -1.95. The molecule has 0 radical (unpaired) electrons. The van der Waals surface area contributed by atoms with Gasteiger partial charge in [0.1, 0.15) is 11.2 Å². The Morgan fingerprint density at radius 1 is 0.353 bits per heavy atom. The van der Waals surface area contributed by atoms with Gasteiger partial charge in [0.25, 0.3) is 0 Å². The molecule has 0 aliphatic heterocycles. The fourth-order valence-corrected chi connectivity index (χ4v) is 8.26. The quantitative estimate of drug-likeness (QED) is 0.186. The highest BCUT2D eigenvalue weighted by Crippen LogP contribution is 2.43. The van der Waals surface area contributed by atoms with Gasteiger partial charge in [-0.15, -0.1) is 0 Å². The van der Waals surface area contributed by atoms with Gasteiger partial charge in [-0.3, -0.25) is 0 Å². The average Bonchev–Trinajstić information content (AvgIpc) is 3.86. The summed E-state index contributed by atoms with van der Waals surface area (Å²) < 4.78 is 11.3. The van der Waals surface area contributed by atoms with Crippen molar-refractivity contribution in [2.75, 3.05) is 0 Å². The number of rotatable bonds is 4. The van der Waals surface area contributed by atoms with Crippen LogP contribution in [0.5, 0.6) is 0 Å². The molecule has 0 spiro atoms. The van der Waals surface area contributed by atoms with Crippen LogP contribution < -0.4 is 0 Å². The maximum Gasteiger partial charge on any atom is 0.143 e. The minimum absolute atomic E-state index is 0.914. The number of nitrogens with zero attached hydrogens (tertiary/aromatic N) is 2. The lowest BCUT2D eigenvalue weighted by molar-refractivity contribution is 0.670. The van der Waals surface area contributed by atoms with Crippen molar-refractivity contribution in [3.63, 3.8) is 0 Å². The van der Waals surface area contributed by atoms with E-state index in [1.165, 1.54) is 54.7 Å². The monoisotopic (exact) mass is 650 g/mol. The number of hydrogen-bond acceptors (Lipinski definition) is 1. The van der Waals surface area contributed by atoms with Crippen LogP contribution >= 0.6 is 0 Å². The molecule has 11 rings (SSSR count). The van der Waals surface area contributed by atoms with Crippen molar-refractivity contribution in [1.82, 2.24) is 9.13 Å². The summed E-state index contributed by atoms with van der Waals surface area (Å²) in [6, 6.07) is 65.4. The molecule has 0 unspecified atom stereocenters. The highest BCUT2D eigenvalue weighted by atomic mass is 16.3. The molecule has 0 saturated heterocycles. The van der Waals surface area contributed by atoms with E-state index in [9.17, 15) is 0 Å². The molecule has 8 aromatic carbocycles. The summed E-state index contributed by atoms with van der Waals surface area (Å²) in [5.74, 6) is 0. The van der Waals surface area contributed by atoms with Crippen molar-refractivity contribution in [1.29, 1.82) is 0 Å². The fraction of sp³-hybridized carbons (Fsp3) is 0. The second-order valence-electron chi connectivity index (χ2n) is 13.3. The lowest BCUT2D eigenvalue weighted by Gasteiger charge is -2.11. The summed E-state index contributed by atoms with van der Waals surface area (Å²) in [6.07, 6.45) is 0. The van der Waals surface area contributed by atoms with Crippen LogP contribution in [0, 0.1) is 0 Å². The van der Waals surface area contributed by atoms with E-state index >= 15 is 0 Å². The van der Waals surface area contributed by atoms with Crippen molar-refractivity contribution < 1.29 is 4.42 Å². The van der Waals surface area contributed by atoms with Crippen LogP contribution in [-0.2, 0) is 0 Å². The number of hydrogen-bond donors (Lipinski definition) is 0. The van der Waals surface area contributed by atoms with Crippen LogP contribution in [0.1, 0.15) is 0 Å². The Labute approximate surface area is 293 Å². The standard InChI is InChI=1S/C48H30N2O/c1-3-12-31(13-4-1)33-24-28-43-41(30-33)38-27-29-44-46(47(38)50(43)34-14-5-2-6-15-34)40-17-7-9-20-42(40)49(44)35-25-22-32(23-26-35)36-18-11-19-39-37-16-8-10-21-45(37)51-48(36)39/h1-30H. The molecule has 0 amide bonds. The summed E-state index contributed by atoms with van der Waals surface area (Å²) in [6.45, 7) is 0. The zero-order chi connectivity index (χ0) is 33.5. The fourth-order valence-electron chi connectivity index (χ4n) is 8.26. The van der Waals surface area contributed by atoms with Gasteiger partial charge in [-0.25, -0.2) is 0 Å². The smallest absolute Gasteiger partial charge is 0.143 e. The van der Waals surface area contributed by atoms with E-state index in [1.54, 1.807) is 0 Å². The van der Waals surface area contributed by atoms with Gasteiger partial charge in [-0.05, 0) is 71.3 Å². The number of furan rings is 1. The van der Waals surface area contributed by atoms with E-state index in [0.717, 1.165) is 44.4 Å². The maximum atomic E-state index is 6.39. The largest absolute Gasteiger partial charge is 0.455 e. The van der Waals surface area contributed by atoms with E-state index in [-0.39, 0.29) is 0 Å². The van der Waals surface area contributed by atoms with E-state index in [4.69, 9.17) is 4.42 Å². The molecule has 0 N–H and O–H groups in total. The molecular weight excluding hydrogens is 621 g/mol. The van der Waals surface area contributed by atoms with Crippen LogP contribution in [0.3, 0.4) is 0 Å². The third-order valence-corrected chi connectivity index (χ3v) is 10.5. The highest BCUT2D eigenvalue weighted by molar-refractivity contribution is 6.26. The average molecular weight is 651 g/mol. The molecule has 0 saturated carbocycles. The van der Waals surface area contributed by atoms with E-state index < -0.39 is 0 Å².